The number of anilines is 2. The van der Waals surface area contributed by atoms with Crippen molar-refractivity contribution in [1.29, 1.82) is 0 Å². The Hall–Kier alpha value is -2.10. The van der Waals surface area contributed by atoms with Crippen molar-refractivity contribution in [2.75, 3.05) is 11.1 Å². The van der Waals surface area contributed by atoms with Crippen LogP contribution in [0.2, 0.25) is 0 Å². The molecule has 2 aromatic rings. The van der Waals surface area contributed by atoms with Crippen LogP contribution in [0.5, 0.6) is 0 Å². The van der Waals surface area contributed by atoms with Crippen molar-refractivity contribution in [2.24, 2.45) is 0 Å². The second-order valence-corrected chi connectivity index (χ2v) is 4.37. The number of rotatable bonds is 3. The summed E-state index contributed by atoms with van der Waals surface area (Å²) < 4.78 is 13.5. The van der Waals surface area contributed by atoms with Gasteiger partial charge in [-0.05, 0) is 36.6 Å². The summed E-state index contributed by atoms with van der Waals surface area (Å²) in [6, 6.07) is 7.17. The predicted octanol–water partition coefficient (Wildman–Crippen LogP) is 3.03. The zero-order valence-corrected chi connectivity index (χ0v) is 10.5. The minimum atomic E-state index is -0.138. The Labute approximate surface area is 106 Å². The van der Waals surface area contributed by atoms with E-state index in [-0.39, 0.29) is 5.82 Å². The Morgan fingerprint density at radius 3 is 2.50 bits per heavy atom. The Bertz CT molecular complexity index is 544. The lowest BCUT2D eigenvalue weighted by atomic mass is 10.1. The van der Waals surface area contributed by atoms with Gasteiger partial charge in [0.2, 0.25) is 0 Å². The van der Waals surface area contributed by atoms with Crippen molar-refractivity contribution in [1.82, 2.24) is 4.98 Å². The second kappa shape index (κ2) is 5.04. The highest BCUT2D eigenvalue weighted by Crippen LogP contribution is 2.16. The average molecular weight is 245 g/mol. The average Bonchev–Trinajstić information content (AvgIpc) is 2.33. The molecule has 2 rings (SSSR count). The molecule has 1 aromatic carbocycles. The Kier molecular flexibility index (Phi) is 3.46. The molecule has 1 aromatic heterocycles. The molecule has 0 saturated carbocycles. The third-order valence-electron chi connectivity index (χ3n) is 2.75. The predicted molar refractivity (Wildman–Crippen MR) is 71.9 cm³/mol. The first-order valence-corrected chi connectivity index (χ1v) is 5.77. The van der Waals surface area contributed by atoms with Gasteiger partial charge in [-0.2, -0.15) is 0 Å². The standard InChI is InChI=1S/C14H16FN3/c1-9-5-11(6-10(2)14(9)15)8-18-13-7-12(16)3-4-17-13/h3-7H,8H2,1-2H3,(H3,16,17,18). The highest BCUT2D eigenvalue weighted by molar-refractivity contribution is 5.48. The van der Waals surface area contributed by atoms with E-state index in [9.17, 15) is 4.39 Å². The van der Waals surface area contributed by atoms with Crippen LogP contribution in [0.4, 0.5) is 15.9 Å². The molecule has 0 aliphatic carbocycles. The summed E-state index contributed by atoms with van der Waals surface area (Å²) in [6.07, 6.45) is 1.65. The molecule has 0 saturated heterocycles. The van der Waals surface area contributed by atoms with E-state index < -0.39 is 0 Å². The van der Waals surface area contributed by atoms with Crippen molar-refractivity contribution >= 4 is 11.5 Å². The third-order valence-corrected chi connectivity index (χ3v) is 2.75. The van der Waals surface area contributed by atoms with Crippen molar-refractivity contribution in [3.8, 4) is 0 Å². The highest BCUT2D eigenvalue weighted by Gasteiger charge is 2.04. The van der Waals surface area contributed by atoms with Gasteiger partial charge in [0, 0.05) is 24.5 Å². The van der Waals surface area contributed by atoms with Gasteiger partial charge in [-0.3, -0.25) is 0 Å². The number of hydrogen-bond acceptors (Lipinski definition) is 3. The van der Waals surface area contributed by atoms with E-state index in [1.54, 1.807) is 32.2 Å². The van der Waals surface area contributed by atoms with Gasteiger partial charge in [-0.15, -0.1) is 0 Å². The fourth-order valence-corrected chi connectivity index (χ4v) is 1.87. The van der Waals surface area contributed by atoms with E-state index in [1.165, 1.54) is 0 Å². The fourth-order valence-electron chi connectivity index (χ4n) is 1.87. The summed E-state index contributed by atoms with van der Waals surface area (Å²) in [7, 11) is 0. The van der Waals surface area contributed by atoms with Gasteiger partial charge in [0.25, 0.3) is 0 Å². The summed E-state index contributed by atoms with van der Waals surface area (Å²) in [4.78, 5) is 4.15. The van der Waals surface area contributed by atoms with E-state index in [4.69, 9.17) is 5.73 Å². The summed E-state index contributed by atoms with van der Waals surface area (Å²) in [6.45, 7) is 4.13. The quantitative estimate of drug-likeness (QED) is 0.873. The first-order chi connectivity index (χ1) is 8.56. The van der Waals surface area contributed by atoms with E-state index >= 15 is 0 Å². The van der Waals surface area contributed by atoms with Crippen LogP contribution in [0, 0.1) is 19.7 Å². The normalized spacial score (nSPS) is 10.4. The van der Waals surface area contributed by atoms with E-state index in [2.05, 4.69) is 10.3 Å². The number of nitrogens with two attached hydrogens (primary N) is 1. The molecule has 3 N–H and O–H groups in total. The first kappa shape index (κ1) is 12.4. The van der Waals surface area contributed by atoms with Gasteiger partial charge >= 0.3 is 0 Å². The lowest BCUT2D eigenvalue weighted by Gasteiger charge is -2.09. The second-order valence-electron chi connectivity index (χ2n) is 4.37. The monoisotopic (exact) mass is 245 g/mol. The largest absolute Gasteiger partial charge is 0.399 e. The molecule has 0 bridgehead atoms. The van der Waals surface area contributed by atoms with Crippen molar-refractivity contribution in [3.05, 3.63) is 53.0 Å². The van der Waals surface area contributed by atoms with E-state index in [1.807, 2.05) is 12.1 Å². The molecule has 0 spiro atoms. The maximum absolute atomic E-state index is 13.5. The molecule has 4 heteroatoms. The number of nitrogens with zero attached hydrogens (tertiary/aromatic N) is 1. The number of aryl methyl sites for hydroxylation is 2. The minimum absolute atomic E-state index is 0.138. The van der Waals surface area contributed by atoms with Gasteiger partial charge in [-0.1, -0.05) is 12.1 Å². The maximum Gasteiger partial charge on any atom is 0.129 e. The molecule has 0 fully saturated rings. The highest BCUT2D eigenvalue weighted by atomic mass is 19.1. The van der Waals surface area contributed by atoms with Gasteiger partial charge in [0.1, 0.15) is 11.6 Å². The Morgan fingerprint density at radius 2 is 1.89 bits per heavy atom. The van der Waals surface area contributed by atoms with Crippen LogP contribution in [0.3, 0.4) is 0 Å². The van der Waals surface area contributed by atoms with Crippen molar-refractivity contribution in [2.45, 2.75) is 20.4 Å². The number of nitrogens with one attached hydrogen (secondary N) is 1. The molecule has 94 valence electrons. The zero-order valence-electron chi connectivity index (χ0n) is 10.5. The number of halogens is 1. The molecular weight excluding hydrogens is 229 g/mol. The third kappa shape index (κ3) is 2.77. The summed E-state index contributed by atoms with van der Waals surface area (Å²) >= 11 is 0. The van der Waals surface area contributed by atoms with Crippen LogP contribution in [-0.4, -0.2) is 4.98 Å². The number of aromatic nitrogens is 1. The molecule has 0 aliphatic heterocycles. The van der Waals surface area contributed by atoms with Gasteiger partial charge in [0.15, 0.2) is 0 Å². The fraction of sp³-hybridized carbons (Fsp3) is 0.214. The summed E-state index contributed by atoms with van der Waals surface area (Å²) in [5, 5.41) is 3.16. The number of hydrogen-bond donors (Lipinski definition) is 2. The molecule has 0 unspecified atom stereocenters. The Balaban J connectivity index is 2.11. The first-order valence-electron chi connectivity index (χ1n) is 5.77. The molecule has 1 heterocycles. The number of benzene rings is 1. The van der Waals surface area contributed by atoms with Gasteiger partial charge in [-0.25, -0.2) is 9.37 Å². The lowest BCUT2D eigenvalue weighted by molar-refractivity contribution is 0.608. The molecule has 0 radical (unpaired) electrons. The minimum Gasteiger partial charge on any atom is -0.399 e. The van der Waals surface area contributed by atoms with Crippen LogP contribution in [0.1, 0.15) is 16.7 Å². The van der Waals surface area contributed by atoms with Crippen LogP contribution in [-0.2, 0) is 6.54 Å². The summed E-state index contributed by atoms with van der Waals surface area (Å²) in [5.41, 5.74) is 8.67. The molecule has 0 amide bonds. The van der Waals surface area contributed by atoms with Crippen LogP contribution in [0.15, 0.2) is 30.5 Å². The van der Waals surface area contributed by atoms with Crippen LogP contribution >= 0.6 is 0 Å². The Morgan fingerprint density at radius 1 is 1.22 bits per heavy atom. The maximum atomic E-state index is 13.5. The smallest absolute Gasteiger partial charge is 0.129 e. The molecule has 3 nitrogen and oxygen atoms in total. The number of nitrogen functional groups attached to an aromatic ring is 1. The van der Waals surface area contributed by atoms with Crippen LogP contribution in [0.25, 0.3) is 0 Å². The lowest BCUT2D eigenvalue weighted by Crippen LogP contribution is -2.03. The van der Waals surface area contributed by atoms with Crippen LogP contribution < -0.4 is 11.1 Å². The zero-order chi connectivity index (χ0) is 13.1. The molecule has 18 heavy (non-hydrogen) atoms. The van der Waals surface area contributed by atoms with Crippen molar-refractivity contribution in [3.63, 3.8) is 0 Å². The SMILES string of the molecule is Cc1cc(CNc2cc(N)ccn2)cc(C)c1F. The topological polar surface area (TPSA) is 50.9 Å². The van der Waals surface area contributed by atoms with Gasteiger partial charge < -0.3 is 11.1 Å². The summed E-state index contributed by atoms with van der Waals surface area (Å²) in [5.74, 6) is 0.579. The van der Waals surface area contributed by atoms with Gasteiger partial charge in [0.05, 0.1) is 0 Å². The molecular formula is C14H16FN3. The van der Waals surface area contributed by atoms with Crippen molar-refractivity contribution < 1.29 is 4.39 Å². The molecule has 0 atom stereocenters. The number of pyridine rings is 1. The van der Waals surface area contributed by atoms with E-state index in [0.717, 1.165) is 11.4 Å². The van der Waals surface area contributed by atoms with E-state index in [0.29, 0.717) is 23.4 Å². The molecule has 0 aliphatic rings.